The van der Waals surface area contributed by atoms with Crippen LogP contribution in [-0.2, 0) is 0 Å². The molecule has 18 heavy (non-hydrogen) atoms. The lowest BCUT2D eigenvalue weighted by Crippen LogP contribution is -2.52. The van der Waals surface area contributed by atoms with Crippen LogP contribution in [0.2, 0.25) is 0 Å². The van der Waals surface area contributed by atoms with E-state index in [1.54, 1.807) is 0 Å². The van der Waals surface area contributed by atoms with Gasteiger partial charge in [0.25, 0.3) is 0 Å². The second-order valence-electron chi connectivity index (χ2n) is 5.16. The quantitative estimate of drug-likeness (QED) is 0.267. The normalized spacial score (nSPS) is 12.0. The van der Waals surface area contributed by atoms with Crippen molar-refractivity contribution in [2.75, 3.05) is 52.4 Å². The maximum Gasteiger partial charge on any atom is 0.0798 e. The highest BCUT2D eigenvalue weighted by atomic mass is 15.3. The summed E-state index contributed by atoms with van der Waals surface area (Å²) in [6.45, 7) is 7.73. The van der Waals surface area contributed by atoms with Gasteiger partial charge in [-0.1, -0.05) is 0 Å². The number of hydrogen-bond acceptors (Lipinski definition) is 4. The molecular weight excluding hydrogens is 226 g/mol. The first-order valence-corrected chi connectivity index (χ1v) is 7.40. The minimum Gasteiger partial charge on any atom is -0.330 e. The first-order valence-electron chi connectivity index (χ1n) is 7.40. The van der Waals surface area contributed by atoms with Gasteiger partial charge in [-0.3, -0.25) is 0 Å². The smallest absolute Gasteiger partial charge is 0.0798 e. The molecule has 0 atom stereocenters. The summed E-state index contributed by atoms with van der Waals surface area (Å²) in [5, 5.41) is 0. The van der Waals surface area contributed by atoms with Crippen LogP contribution in [0.3, 0.4) is 0 Å². The molecule has 0 aromatic rings. The second kappa shape index (κ2) is 11.9. The Morgan fingerprint density at radius 2 is 0.778 bits per heavy atom. The lowest BCUT2D eigenvalue weighted by molar-refractivity contribution is -0.928. The Labute approximate surface area is 112 Å². The van der Waals surface area contributed by atoms with Crippen LogP contribution in [0.15, 0.2) is 0 Å². The summed E-state index contributed by atoms with van der Waals surface area (Å²) in [5.74, 6) is 0. The fourth-order valence-electron chi connectivity index (χ4n) is 2.54. The number of rotatable bonds is 13. The van der Waals surface area contributed by atoms with E-state index in [9.17, 15) is 0 Å². The summed E-state index contributed by atoms with van der Waals surface area (Å²) in [7, 11) is 0. The average Bonchev–Trinajstić information content (AvgIpc) is 2.40. The Morgan fingerprint density at radius 1 is 0.444 bits per heavy atom. The third-order valence-electron chi connectivity index (χ3n) is 3.60. The molecule has 0 rings (SSSR count). The van der Waals surface area contributed by atoms with Crippen molar-refractivity contribution in [3.8, 4) is 0 Å². The van der Waals surface area contributed by atoms with Gasteiger partial charge in [0.1, 0.15) is 0 Å². The lowest BCUT2D eigenvalue weighted by atomic mass is 10.1. The molecule has 5 heteroatoms. The maximum atomic E-state index is 5.67. The van der Waals surface area contributed by atoms with Gasteiger partial charge in [-0.2, -0.15) is 0 Å². The summed E-state index contributed by atoms with van der Waals surface area (Å²) < 4.78 is 1.13. The topological polar surface area (TPSA) is 104 Å². The van der Waals surface area contributed by atoms with E-state index in [2.05, 4.69) is 0 Å². The van der Waals surface area contributed by atoms with E-state index in [1.165, 1.54) is 13.0 Å². The third-order valence-corrected chi connectivity index (χ3v) is 3.60. The van der Waals surface area contributed by atoms with Crippen molar-refractivity contribution in [2.45, 2.75) is 32.1 Å². The van der Waals surface area contributed by atoms with Crippen LogP contribution in [0.1, 0.15) is 32.1 Å². The molecule has 0 amide bonds. The van der Waals surface area contributed by atoms with Crippen molar-refractivity contribution in [1.29, 1.82) is 0 Å². The predicted molar refractivity (Wildman–Crippen MR) is 79.0 cm³/mol. The molecule has 0 bridgehead atoms. The minimum atomic E-state index is 0.766. The molecule has 5 nitrogen and oxygen atoms in total. The molecule has 0 aliphatic heterocycles. The van der Waals surface area contributed by atoms with Gasteiger partial charge in [-0.15, -0.1) is 0 Å². The van der Waals surface area contributed by atoms with Crippen molar-refractivity contribution in [2.24, 2.45) is 22.9 Å². The minimum absolute atomic E-state index is 0.766. The first-order chi connectivity index (χ1) is 8.74. The van der Waals surface area contributed by atoms with Gasteiger partial charge in [-0.25, -0.2) is 0 Å². The van der Waals surface area contributed by atoms with Gasteiger partial charge < -0.3 is 27.4 Å². The summed E-state index contributed by atoms with van der Waals surface area (Å²) in [5.41, 5.74) is 22.6. The Morgan fingerprint density at radius 3 is 1.11 bits per heavy atom. The Kier molecular flexibility index (Phi) is 11.7. The number of hydrogen-bond donors (Lipinski definition) is 4. The van der Waals surface area contributed by atoms with E-state index in [-0.39, 0.29) is 0 Å². The van der Waals surface area contributed by atoms with Crippen LogP contribution in [0.5, 0.6) is 0 Å². The molecule has 0 saturated carbocycles. The zero-order valence-electron chi connectivity index (χ0n) is 11.9. The first kappa shape index (κ1) is 17.8. The van der Waals surface area contributed by atoms with E-state index in [0.29, 0.717) is 0 Å². The zero-order valence-corrected chi connectivity index (χ0v) is 11.9. The Hall–Kier alpha value is -0.200. The van der Waals surface area contributed by atoms with Crippen LogP contribution >= 0.6 is 0 Å². The van der Waals surface area contributed by atoms with E-state index >= 15 is 0 Å². The number of unbranched alkanes of at least 4 members (excludes halogenated alkanes) is 1. The van der Waals surface area contributed by atoms with Gasteiger partial charge in [0, 0.05) is 19.3 Å². The van der Waals surface area contributed by atoms with E-state index in [4.69, 9.17) is 22.9 Å². The monoisotopic (exact) mass is 260 g/mol. The summed E-state index contributed by atoms with van der Waals surface area (Å²) >= 11 is 0. The van der Waals surface area contributed by atoms with E-state index in [1.807, 2.05) is 0 Å². The van der Waals surface area contributed by atoms with Gasteiger partial charge in [0.05, 0.1) is 26.2 Å². The molecule has 8 N–H and O–H groups in total. The Bertz CT molecular complexity index is 153. The van der Waals surface area contributed by atoms with E-state index < -0.39 is 0 Å². The molecule has 0 spiro atoms. The predicted octanol–water partition coefficient (Wildman–Crippen LogP) is -0.411. The van der Waals surface area contributed by atoms with Crippen molar-refractivity contribution in [3.63, 3.8) is 0 Å². The molecule has 0 fully saturated rings. The van der Waals surface area contributed by atoms with Crippen molar-refractivity contribution < 1.29 is 4.48 Å². The van der Waals surface area contributed by atoms with Gasteiger partial charge in [-0.05, 0) is 39.0 Å². The van der Waals surface area contributed by atoms with E-state index in [0.717, 1.165) is 76.0 Å². The highest BCUT2D eigenvalue weighted by molar-refractivity contribution is 4.52. The van der Waals surface area contributed by atoms with Crippen LogP contribution in [0.4, 0.5) is 0 Å². The molecule has 0 unspecified atom stereocenters. The molecule has 0 saturated heterocycles. The van der Waals surface area contributed by atoms with Gasteiger partial charge in [0.2, 0.25) is 0 Å². The summed E-state index contributed by atoms with van der Waals surface area (Å²) in [6, 6.07) is 0. The van der Waals surface area contributed by atoms with Crippen LogP contribution in [-0.4, -0.2) is 56.8 Å². The SMILES string of the molecule is NCCCC[N+](CCCN)(CCCN)CCCN. The summed E-state index contributed by atoms with van der Waals surface area (Å²) in [4.78, 5) is 0. The molecule has 0 aliphatic rings. The third kappa shape index (κ3) is 8.00. The largest absolute Gasteiger partial charge is 0.330 e. The fraction of sp³-hybridized carbons (Fsp3) is 1.00. The molecule has 0 aliphatic carbocycles. The van der Waals surface area contributed by atoms with Crippen LogP contribution in [0, 0.1) is 0 Å². The fourth-order valence-corrected chi connectivity index (χ4v) is 2.54. The van der Waals surface area contributed by atoms with Gasteiger partial charge >= 0.3 is 0 Å². The number of quaternary nitrogens is 1. The highest BCUT2D eigenvalue weighted by Crippen LogP contribution is 2.13. The van der Waals surface area contributed by atoms with Gasteiger partial charge in [0.15, 0.2) is 0 Å². The number of nitrogens with zero attached hydrogens (tertiary/aromatic N) is 1. The van der Waals surface area contributed by atoms with Crippen LogP contribution in [0.25, 0.3) is 0 Å². The van der Waals surface area contributed by atoms with Crippen LogP contribution < -0.4 is 22.9 Å². The van der Waals surface area contributed by atoms with Crippen molar-refractivity contribution in [1.82, 2.24) is 0 Å². The number of nitrogens with two attached hydrogens (primary N) is 4. The lowest BCUT2D eigenvalue weighted by Gasteiger charge is -2.39. The highest BCUT2D eigenvalue weighted by Gasteiger charge is 2.25. The average molecular weight is 260 g/mol. The van der Waals surface area contributed by atoms with Crippen molar-refractivity contribution >= 4 is 0 Å². The molecule has 0 radical (unpaired) electrons. The molecule has 0 aromatic heterocycles. The zero-order chi connectivity index (χ0) is 13.7. The van der Waals surface area contributed by atoms with Crippen molar-refractivity contribution in [3.05, 3.63) is 0 Å². The molecule has 0 aromatic carbocycles. The molecular formula is C13H34N5+. The summed E-state index contributed by atoms with van der Waals surface area (Å²) in [6.07, 6.45) is 5.54. The molecule has 0 heterocycles. The second-order valence-corrected chi connectivity index (χ2v) is 5.16. The molecule has 110 valence electrons. The Balaban J connectivity index is 4.41. The maximum absolute atomic E-state index is 5.67. The standard InChI is InChI=1S/C13H34N5/c14-6-1-2-10-18(11-3-7-15,12-4-8-16)13-5-9-17/h1-17H2/q+1.